The molecule has 0 saturated carbocycles. The van der Waals surface area contributed by atoms with Gasteiger partial charge in [-0.15, -0.1) is 0 Å². The second-order valence-corrected chi connectivity index (χ2v) is 5.88. The first kappa shape index (κ1) is 20.8. The molecule has 2 N–H and O–H groups in total. The molecule has 4 nitrogen and oxygen atoms in total. The Hall–Kier alpha value is -1.16. The average Bonchev–Trinajstić information content (AvgIpc) is 2.47. The minimum absolute atomic E-state index is 0.213. The summed E-state index contributed by atoms with van der Waals surface area (Å²) in [4.78, 5) is 22.0. The first-order chi connectivity index (χ1) is 10.6. The summed E-state index contributed by atoms with van der Waals surface area (Å²) in [5.74, 6) is -0.531. The number of aliphatic carboxylic acids is 1. The summed E-state index contributed by atoms with van der Waals surface area (Å²) in [5, 5.41) is 18.2. The highest BCUT2D eigenvalue weighted by atomic mass is 16.4. The molecule has 0 aliphatic carbocycles. The molecule has 128 valence electrons. The first-order valence-corrected chi connectivity index (χ1v) is 8.62. The van der Waals surface area contributed by atoms with Gasteiger partial charge in [-0.25, -0.2) is 0 Å². The van der Waals surface area contributed by atoms with Crippen LogP contribution in [0.15, 0.2) is 12.2 Å². The fourth-order valence-corrected chi connectivity index (χ4v) is 2.25. The lowest BCUT2D eigenvalue weighted by molar-refractivity contribution is -0.137. The summed E-state index contributed by atoms with van der Waals surface area (Å²) in [6.45, 7) is 2.13. The molecule has 0 radical (unpaired) electrons. The number of Topliss-reactive ketones (excluding diaryl/α,β-unsaturated/α-hetero) is 1. The summed E-state index contributed by atoms with van der Waals surface area (Å²) < 4.78 is 0. The lowest BCUT2D eigenvalue weighted by atomic mass is 10.0. The van der Waals surface area contributed by atoms with Gasteiger partial charge in [0.05, 0.1) is 6.10 Å². The predicted molar refractivity (Wildman–Crippen MR) is 88.9 cm³/mol. The fraction of sp³-hybridized carbons (Fsp3) is 0.778. The summed E-state index contributed by atoms with van der Waals surface area (Å²) in [7, 11) is 0. The van der Waals surface area contributed by atoms with E-state index in [4.69, 9.17) is 5.11 Å². The smallest absolute Gasteiger partial charge is 0.303 e. The van der Waals surface area contributed by atoms with E-state index in [2.05, 4.69) is 6.92 Å². The quantitative estimate of drug-likeness (QED) is 0.350. The van der Waals surface area contributed by atoms with Crippen LogP contribution in [0.2, 0.25) is 0 Å². The molecule has 0 spiro atoms. The van der Waals surface area contributed by atoms with E-state index >= 15 is 0 Å². The Labute approximate surface area is 134 Å². The summed E-state index contributed by atoms with van der Waals surface area (Å²) in [6.07, 6.45) is 12.8. The number of carboxylic acids is 1. The Morgan fingerprint density at radius 1 is 0.909 bits per heavy atom. The highest BCUT2D eigenvalue weighted by Gasteiger charge is 2.07. The molecular weight excluding hydrogens is 280 g/mol. The minimum Gasteiger partial charge on any atom is -0.481 e. The third-order valence-electron chi connectivity index (χ3n) is 3.67. The van der Waals surface area contributed by atoms with Gasteiger partial charge >= 0.3 is 5.97 Å². The van der Waals surface area contributed by atoms with Crippen LogP contribution in [0.5, 0.6) is 0 Å². The van der Waals surface area contributed by atoms with Gasteiger partial charge in [-0.2, -0.15) is 0 Å². The fourth-order valence-electron chi connectivity index (χ4n) is 2.25. The van der Waals surface area contributed by atoms with Gasteiger partial charge in [-0.05, 0) is 38.5 Å². The van der Waals surface area contributed by atoms with Crippen LogP contribution in [-0.2, 0) is 9.59 Å². The SMILES string of the molecule is CCCCCC(O)CCC(=O)CCC=CCCCCC(=O)O. The van der Waals surface area contributed by atoms with Crippen molar-refractivity contribution in [2.75, 3.05) is 0 Å². The van der Waals surface area contributed by atoms with Crippen molar-refractivity contribution in [3.05, 3.63) is 12.2 Å². The number of unbranched alkanes of at least 4 members (excludes halogenated alkanes) is 4. The number of carboxylic acid groups (broad SMARTS) is 1. The molecule has 1 unspecified atom stereocenters. The summed E-state index contributed by atoms with van der Waals surface area (Å²) in [6, 6.07) is 0. The second kappa shape index (κ2) is 14.8. The van der Waals surface area contributed by atoms with Crippen molar-refractivity contribution >= 4 is 11.8 Å². The molecule has 0 amide bonds. The van der Waals surface area contributed by atoms with Gasteiger partial charge in [0.2, 0.25) is 0 Å². The maximum absolute atomic E-state index is 11.7. The van der Waals surface area contributed by atoms with E-state index in [1.54, 1.807) is 0 Å². The van der Waals surface area contributed by atoms with Crippen molar-refractivity contribution in [3.8, 4) is 0 Å². The van der Waals surface area contributed by atoms with E-state index in [9.17, 15) is 14.7 Å². The molecule has 0 rings (SSSR count). The molecule has 0 heterocycles. The molecule has 0 saturated heterocycles. The number of aliphatic hydroxyl groups excluding tert-OH is 1. The van der Waals surface area contributed by atoms with E-state index in [-0.39, 0.29) is 18.3 Å². The number of ketones is 1. The molecule has 0 aliphatic heterocycles. The van der Waals surface area contributed by atoms with Gasteiger partial charge in [0.15, 0.2) is 0 Å². The second-order valence-electron chi connectivity index (χ2n) is 5.88. The Kier molecular flexibility index (Phi) is 14.0. The van der Waals surface area contributed by atoms with Crippen molar-refractivity contribution in [1.82, 2.24) is 0 Å². The molecule has 4 heteroatoms. The molecule has 1 atom stereocenters. The van der Waals surface area contributed by atoms with Crippen LogP contribution in [0.3, 0.4) is 0 Å². The third kappa shape index (κ3) is 15.2. The molecular formula is C18H32O4. The van der Waals surface area contributed by atoms with Gasteiger partial charge < -0.3 is 10.2 Å². The van der Waals surface area contributed by atoms with Crippen molar-refractivity contribution < 1.29 is 19.8 Å². The maximum Gasteiger partial charge on any atom is 0.303 e. The van der Waals surface area contributed by atoms with Crippen LogP contribution in [0.1, 0.15) is 84.0 Å². The highest BCUT2D eigenvalue weighted by molar-refractivity contribution is 5.78. The Bertz CT molecular complexity index is 323. The van der Waals surface area contributed by atoms with Crippen molar-refractivity contribution in [3.63, 3.8) is 0 Å². The van der Waals surface area contributed by atoms with Gasteiger partial charge in [-0.1, -0.05) is 38.3 Å². The van der Waals surface area contributed by atoms with E-state index < -0.39 is 5.97 Å². The standard InChI is InChI=1S/C18H32O4/c1-2-3-8-11-16(19)14-15-17(20)12-9-6-4-5-7-10-13-18(21)22/h4,6,16,19H,2-3,5,7-15H2,1H3,(H,21,22). The number of allylic oxidation sites excluding steroid dienone is 2. The van der Waals surface area contributed by atoms with Gasteiger partial charge in [0.25, 0.3) is 0 Å². The Balaban J connectivity index is 3.46. The Morgan fingerprint density at radius 2 is 1.64 bits per heavy atom. The number of hydrogen-bond donors (Lipinski definition) is 2. The largest absolute Gasteiger partial charge is 0.481 e. The average molecular weight is 312 g/mol. The first-order valence-electron chi connectivity index (χ1n) is 8.62. The van der Waals surface area contributed by atoms with E-state index in [0.29, 0.717) is 25.7 Å². The molecule has 22 heavy (non-hydrogen) atoms. The normalized spacial score (nSPS) is 12.6. The zero-order valence-electron chi connectivity index (χ0n) is 13.9. The van der Waals surface area contributed by atoms with Gasteiger partial charge in [-0.3, -0.25) is 9.59 Å². The van der Waals surface area contributed by atoms with E-state index in [0.717, 1.165) is 44.9 Å². The van der Waals surface area contributed by atoms with Crippen LogP contribution in [-0.4, -0.2) is 28.1 Å². The molecule has 0 aromatic heterocycles. The monoisotopic (exact) mass is 312 g/mol. The third-order valence-corrected chi connectivity index (χ3v) is 3.67. The summed E-state index contributed by atoms with van der Waals surface area (Å²) in [5.41, 5.74) is 0. The van der Waals surface area contributed by atoms with Crippen LogP contribution in [0.4, 0.5) is 0 Å². The minimum atomic E-state index is -0.744. The number of hydrogen-bond acceptors (Lipinski definition) is 3. The lowest BCUT2D eigenvalue weighted by Crippen LogP contribution is -2.09. The summed E-state index contributed by atoms with van der Waals surface area (Å²) >= 11 is 0. The predicted octanol–water partition coefficient (Wildman–Crippen LogP) is 4.26. The van der Waals surface area contributed by atoms with Crippen LogP contribution < -0.4 is 0 Å². The molecule has 0 aromatic carbocycles. The zero-order chi connectivity index (χ0) is 16.6. The van der Waals surface area contributed by atoms with E-state index in [1.165, 1.54) is 0 Å². The number of carbonyl (C=O) groups excluding carboxylic acids is 1. The molecule has 0 bridgehead atoms. The van der Waals surface area contributed by atoms with Crippen LogP contribution >= 0.6 is 0 Å². The highest BCUT2D eigenvalue weighted by Crippen LogP contribution is 2.10. The maximum atomic E-state index is 11.7. The van der Waals surface area contributed by atoms with Crippen LogP contribution in [0, 0.1) is 0 Å². The van der Waals surface area contributed by atoms with Gasteiger partial charge in [0, 0.05) is 19.3 Å². The molecule has 0 fully saturated rings. The van der Waals surface area contributed by atoms with Crippen LogP contribution in [0.25, 0.3) is 0 Å². The molecule has 0 aliphatic rings. The number of rotatable bonds is 15. The zero-order valence-corrected chi connectivity index (χ0v) is 13.9. The topological polar surface area (TPSA) is 74.6 Å². The van der Waals surface area contributed by atoms with Crippen molar-refractivity contribution in [2.24, 2.45) is 0 Å². The van der Waals surface area contributed by atoms with E-state index in [1.807, 2.05) is 12.2 Å². The Morgan fingerprint density at radius 3 is 2.32 bits per heavy atom. The van der Waals surface area contributed by atoms with Crippen molar-refractivity contribution in [1.29, 1.82) is 0 Å². The lowest BCUT2D eigenvalue weighted by Gasteiger charge is -2.09. The van der Waals surface area contributed by atoms with Crippen molar-refractivity contribution in [2.45, 2.75) is 90.1 Å². The van der Waals surface area contributed by atoms with Gasteiger partial charge in [0.1, 0.15) is 5.78 Å². The molecule has 0 aromatic rings. The number of carbonyl (C=O) groups is 2. The number of aliphatic hydroxyl groups is 1.